The molecule has 1 N–H and O–H groups in total. The number of nitrogens with one attached hydrogen (secondary N) is 1. The summed E-state index contributed by atoms with van der Waals surface area (Å²) in [6, 6.07) is 0. The number of carbonyl (C=O) groups excluding carboxylic acids is 2. The van der Waals surface area contributed by atoms with Crippen LogP contribution in [0.1, 0.15) is 48.0 Å². The lowest BCUT2D eigenvalue weighted by Crippen LogP contribution is -2.41. The SMILES string of the molecule is C#C.CC.CCC(=O)C(=O)CNC(C)(C)C. The molecule has 0 amide bonds. The van der Waals surface area contributed by atoms with Gasteiger partial charge in [-0.25, -0.2) is 0 Å². The summed E-state index contributed by atoms with van der Waals surface area (Å²) in [7, 11) is 0. The van der Waals surface area contributed by atoms with Crippen molar-refractivity contribution in [2.24, 2.45) is 0 Å². The lowest BCUT2D eigenvalue weighted by molar-refractivity contribution is -0.136. The molecule has 0 atom stereocenters. The van der Waals surface area contributed by atoms with E-state index >= 15 is 0 Å². The fraction of sp³-hybridized carbons (Fsp3) is 0.692. The second-order valence-corrected chi connectivity index (χ2v) is 3.80. The Morgan fingerprint density at radius 2 is 1.44 bits per heavy atom. The van der Waals surface area contributed by atoms with E-state index in [0.29, 0.717) is 6.42 Å². The molecular formula is C13H25NO2. The Kier molecular flexibility index (Phi) is 15.1. The van der Waals surface area contributed by atoms with Crippen molar-refractivity contribution in [1.29, 1.82) is 0 Å². The molecule has 0 aromatic heterocycles. The lowest BCUT2D eigenvalue weighted by Gasteiger charge is -2.19. The zero-order valence-corrected chi connectivity index (χ0v) is 11.4. The van der Waals surface area contributed by atoms with Crippen LogP contribution in [0.15, 0.2) is 0 Å². The van der Waals surface area contributed by atoms with Gasteiger partial charge in [0.05, 0.1) is 6.54 Å². The normalized spacial score (nSPS) is 9.00. The second-order valence-electron chi connectivity index (χ2n) is 3.80. The van der Waals surface area contributed by atoms with Gasteiger partial charge in [0.25, 0.3) is 0 Å². The molecular weight excluding hydrogens is 202 g/mol. The molecule has 0 unspecified atom stereocenters. The van der Waals surface area contributed by atoms with Gasteiger partial charge in [-0.15, -0.1) is 12.8 Å². The minimum absolute atomic E-state index is 0.107. The largest absolute Gasteiger partial charge is 0.305 e. The molecule has 0 spiro atoms. The van der Waals surface area contributed by atoms with E-state index in [4.69, 9.17) is 0 Å². The highest BCUT2D eigenvalue weighted by molar-refractivity contribution is 6.37. The quantitative estimate of drug-likeness (QED) is 0.591. The van der Waals surface area contributed by atoms with E-state index in [0.717, 1.165) is 0 Å². The minimum atomic E-state index is -0.326. The van der Waals surface area contributed by atoms with E-state index in [1.54, 1.807) is 6.92 Å². The minimum Gasteiger partial charge on any atom is -0.305 e. The fourth-order valence-corrected chi connectivity index (χ4v) is 0.641. The summed E-state index contributed by atoms with van der Waals surface area (Å²) in [4.78, 5) is 21.8. The van der Waals surface area contributed by atoms with Gasteiger partial charge in [-0.3, -0.25) is 9.59 Å². The molecule has 0 bridgehead atoms. The molecule has 0 saturated carbocycles. The van der Waals surface area contributed by atoms with Crippen LogP contribution in [-0.2, 0) is 9.59 Å². The van der Waals surface area contributed by atoms with E-state index in [-0.39, 0.29) is 23.7 Å². The molecule has 0 saturated heterocycles. The molecule has 16 heavy (non-hydrogen) atoms. The number of terminal acetylenes is 1. The summed E-state index contributed by atoms with van der Waals surface area (Å²) < 4.78 is 0. The predicted octanol–water partition coefficient (Wildman–Crippen LogP) is 2.20. The standard InChI is InChI=1S/C9H17NO2.C2H6.C2H2/c1-5-7(11)8(12)6-10-9(2,3)4;2*1-2/h10H,5-6H2,1-4H3;1-2H3;1-2H. The van der Waals surface area contributed by atoms with Gasteiger partial charge in [-0.05, 0) is 20.8 Å². The van der Waals surface area contributed by atoms with Crippen LogP contribution in [0.5, 0.6) is 0 Å². The maximum Gasteiger partial charge on any atom is 0.212 e. The van der Waals surface area contributed by atoms with Crippen molar-refractivity contribution in [2.45, 2.75) is 53.5 Å². The summed E-state index contributed by atoms with van der Waals surface area (Å²) in [6.45, 7) is 11.7. The van der Waals surface area contributed by atoms with Crippen molar-refractivity contribution in [2.75, 3.05) is 6.54 Å². The van der Waals surface area contributed by atoms with Gasteiger partial charge in [0.2, 0.25) is 5.78 Å². The van der Waals surface area contributed by atoms with Crippen molar-refractivity contribution >= 4 is 11.6 Å². The molecule has 0 fully saturated rings. The zero-order valence-electron chi connectivity index (χ0n) is 11.4. The molecule has 0 aliphatic rings. The fourth-order valence-electron chi connectivity index (χ4n) is 0.641. The first-order valence-corrected chi connectivity index (χ1v) is 5.51. The Hall–Kier alpha value is -1.14. The van der Waals surface area contributed by atoms with Crippen LogP contribution in [0.2, 0.25) is 0 Å². The van der Waals surface area contributed by atoms with E-state index in [1.165, 1.54) is 0 Å². The average Bonchev–Trinajstić information content (AvgIpc) is 2.29. The van der Waals surface area contributed by atoms with Crippen LogP contribution in [0.4, 0.5) is 0 Å². The highest BCUT2D eigenvalue weighted by Gasteiger charge is 2.15. The third-order valence-corrected chi connectivity index (χ3v) is 1.41. The van der Waals surface area contributed by atoms with E-state index in [2.05, 4.69) is 18.2 Å². The van der Waals surface area contributed by atoms with Gasteiger partial charge in [0.15, 0.2) is 5.78 Å². The van der Waals surface area contributed by atoms with Crippen LogP contribution in [0.3, 0.4) is 0 Å². The van der Waals surface area contributed by atoms with Crippen molar-refractivity contribution in [3.05, 3.63) is 0 Å². The Morgan fingerprint density at radius 3 is 1.69 bits per heavy atom. The molecule has 0 aliphatic heterocycles. The Labute approximate surface area is 100 Å². The number of carbonyl (C=O) groups is 2. The summed E-state index contributed by atoms with van der Waals surface area (Å²) in [5.41, 5.74) is -0.107. The summed E-state index contributed by atoms with van der Waals surface area (Å²) >= 11 is 0. The lowest BCUT2D eigenvalue weighted by atomic mass is 10.1. The van der Waals surface area contributed by atoms with Gasteiger partial charge in [0, 0.05) is 12.0 Å². The summed E-state index contributed by atoms with van der Waals surface area (Å²) in [5, 5.41) is 2.97. The molecule has 0 rings (SSSR count). The third kappa shape index (κ3) is 15.3. The van der Waals surface area contributed by atoms with E-state index in [9.17, 15) is 9.59 Å². The highest BCUT2D eigenvalue weighted by Crippen LogP contribution is 1.97. The molecule has 0 aromatic carbocycles. The van der Waals surface area contributed by atoms with Crippen molar-refractivity contribution in [3.63, 3.8) is 0 Å². The monoisotopic (exact) mass is 227 g/mol. The average molecular weight is 227 g/mol. The first-order chi connectivity index (χ1) is 7.37. The predicted molar refractivity (Wildman–Crippen MR) is 69.3 cm³/mol. The molecule has 3 nitrogen and oxygen atoms in total. The van der Waals surface area contributed by atoms with Crippen LogP contribution in [-0.4, -0.2) is 23.7 Å². The van der Waals surface area contributed by atoms with Crippen LogP contribution < -0.4 is 5.32 Å². The Bertz CT molecular complexity index is 212. The number of hydrogen-bond acceptors (Lipinski definition) is 3. The van der Waals surface area contributed by atoms with E-state index in [1.807, 2.05) is 34.6 Å². The first kappa shape index (κ1) is 20.3. The topological polar surface area (TPSA) is 46.2 Å². The molecule has 94 valence electrons. The van der Waals surface area contributed by atoms with Crippen LogP contribution in [0.25, 0.3) is 0 Å². The first-order valence-electron chi connectivity index (χ1n) is 5.51. The van der Waals surface area contributed by atoms with E-state index < -0.39 is 0 Å². The smallest absolute Gasteiger partial charge is 0.212 e. The second kappa shape index (κ2) is 11.9. The molecule has 0 aliphatic carbocycles. The van der Waals surface area contributed by atoms with Crippen LogP contribution >= 0.6 is 0 Å². The van der Waals surface area contributed by atoms with Crippen molar-refractivity contribution < 1.29 is 9.59 Å². The number of ketones is 2. The van der Waals surface area contributed by atoms with Gasteiger partial charge in [-0.1, -0.05) is 20.8 Å². The molecule has 3 heteroatoms. The van der Waals surface area contributed by atoms with Gasteiger partial charge in [-0.2, -0.15) is 0 Å². The zero-order chi connectivity index (χ0) is 13.8. The third-order valence-electron chi connectivity index (χ3n) is 1.41. The van der Waals surface area contributed by atoms with Crippen LogP contribution in [0, 0.1) is 12.8 Å². The van der Waals surface area contributed by atoms with Gasteiger partial charge in [0.1, 0.15) is 0 Å². The maximum absolute atomic E-state index is 11.0. The number of hydrogen-bond donors (Lipinski definition) is 1. The van der Waals surface area contributed by atoms with Crippen molar-refractivity contribution in [1.82, 2.24) is 5.32 Å². The molecule has 0 heterocycles. The maximum atomic E-state index is 11.0. The number of Topliss-reactive ketones (excluding diaryl/α,β-unsaturated/α-hetero) is 2. The van der Waals surface area contributed by atoms with Gasteiger partial charge >= 0.3 is 0 Å². The van der Waals surface area contributed by atoms with Gasteiger partial charge < -0.3 is 5.32 Å². The molecule has 0 aromatic rings. The Morgan fingerprint density at radius 1 is 1.06 bits per heavy atom. The molecule has 0 radical (unpaired) electrons. The van der Waals surface area contributed by atoms with Crippen molar-refractivity contribution in [3.8, 4) is 12.8 Å². The number of rotatable bonds is 4. The summed E-state index contributed by atoms with van der Waals surface area (Å²) in [5.74, 6) is -0.626. The Balaban J connectivity index is -0.000000376. The summed E-state index contributed by atoms with van der Waals surface area (Å²) in [6.07, 6.45) is 8.30. The highest BCUT2D eigenvalue weighted by atomic mass is 16.2.